The van der Waals surface area contributed by atoms with Crippen molar-refractivity contribution < 1.29 is 27.9 Å². The summed E-state index contributed by atoms with van der Waals surface area (Å²) in [6.45, 7) is 7.18. The number of methoxy groups -OCH3 is 1. The summed E-state index contributed by atoms with van der Waals surface area (Å²) in [5, 5.41) is 0. The van der Waals surface area contributed by atoms with Gasteiger partial charge in [-0.2, -0.15) is 0 Å². The molecular weight excluding hydrogens is 422 g/mol. The highest BCUT2D eigenvalue weighted by Gasteiger charge is 2.40. The molecule has 128 valence electrons. The van der Waals surface area contributed by atoms with Crippen LogP contribution in [-0.2, 0) is 27.9 Å². The van der Waals surface area contributed by atoms with E-state index in [2.05, 4.69) is 29.2 Å². The van der Waals surface area contributed by atoms with Crippen molar-refractivity contribution >= 4 is 41.7 Å². The highest BCUT2D eigenvalue weighted by atomic mass is 127. The van der Waals surface area contributed by atoms with E-state index in [1.807, 2.05) is 0 Å². The van der Waals surface area contributed by atoms with Gasteiger partial charge in [-0.3, -0.25) is 14.2 Å². The third-order valence-corrected chi connectivity index (χ3v) is 5.78. The Kier molecular flexibility index (Phi) is 10.4. The molecule has 0 aromatic heterocycles. The molecule has 6 nitrogen and oxygen atoms in total. The molecule has 1 unspecified atom stereocenters. The zero-order valence-corrected chi connectivity index (χ0v) is 16.4. The standard InChI is InChI=1S/C14H24IO6P/c1-5-14(10-11-15,13(17)19-4)9-8-12(16)22(18,20-6-2)21-7-3/h5H,1,6-11H2,2-4H3. The molecule has 0 aromatic carbocycles. The zero-order valence-electron chi connectivity index (χ0n) is 13.3. The number of carbonyl (C=O) groups is 2. The van der Waals surface area contributed by atoms with E-state index in [9.17, 15) is 14.2 Å². The fraction of sp³-hybridized carbons (Fsp3) is 0.714. The van der Waals surface area contributed by atoms with Crippen LogP contribution in [0.1, 0.15) is 33.1 Å². The first kappa shape index (κ1) is 21.8. The molecule has 0 aromatic rings. The fourth-order valence-electron chi connectivity index (χ4n) is 1.98. The van der Waals surface area contributed by atoms with Gasteiger partial charge in [-0.15, -0.1) is 6.58 Å². The molecule has 0 amide bonds. The molecule has 0 N–H and O–H groups in total. The molecular formula is C14H24IO6P. The van der Waals surface area contributed by atoms with Crippen LogP contribution in [-0.4, -0.2) is 36.2 Å². The Balaban J connectivity index is 5.11. The molecule has 0 heterocycles. The predicted molar refractivity (Wildman–Crippen MR) is 93.2 cm³/mol. The first-order valence-electron chi connectivity index (χ1n) is 7.06. The van der Waals surface area contributed by atoms with Crippen LogP contribution in [0.3, 0.4) is 0 Å². The Hall–Kier alpha value is -0.240. The monoisotopic (exact) mass is 446 g/mol. The summed E-state index contributed by atoms with van der Waals surface area (Å²) in [5.74, 6) is -0.449. The van der Waals surface area contributed by atoms with E-state index in [-0.39, 0.29) is 26.1 Å². The van der Waals surface area contributed by atoms with Crippen LogP contribution in [0.25, 0.3) is 0 Å². The number of alkyl halides is 1. The van der Waals surface area contributed by atoms with Crippen molar-refractivity contribution in [2.75, 3.05) is 24.8 Å². The second-order valence-electron chi connectivity index (χ2n) is 4.52. The summed E-state index contributed by atoms with van der Waals surface area (Å²) in [6, 6.07) is 0. The minimum atomic E-state index is -3.79. The lowest BCUT2D eigenvalue weighted by Crippen LogP contribution is -2.31. The quantitative estimate of drug-likeness (QED) is 0.150. The van der Waals surface area contributed by atoms with Crippen LogP contribution in [0.5, 0.6) is 0 Å². The van der Waals surface area contributed by atoms with Gasteiger partial charge >= 0.3 is 13.6 Å². The lowest BCUT2D eigenvalue weighted by molar-refractivity contribution is -0.150. The number of carbonyl (C=O) groups excluding carboxylic acids is 2. The summed E-state index contributed by atoms with van der Waals surface area (Å²) in [5.41, 5.74) is -1.59. The van der Waals surface area contributed by atoms with E-state index in [1.165, 1.54) is 13.2 Å². The first-order valence-corrected chi connectivity index (χ1v) is 10.1. The van der Waals surface area contributed by atoms with Crippen molar-refractivity contribution in [1.29, 1.82) is 0 Å². The fourth-order valence-corrected chi connectivity index (χ4v) is 4.37. The van der Waals surface area contributed by atoms with E-state index >= 15 is 0 Å². The van der Waals surface area contributed by atoms with E-state index in [1.54, 1.807) is 13.8 Å². The number of hydrogen-bond acceptors (Lipinski definition) is 6. The predicted octanol–water partition coefficient (Wildman–Crippen LogP) is 3.73. The second-order valence-corrected chi connectivity index (χ2v) is 7.61. The average Bonchev–Trinajstić information content (AvgIpc) is 2.50. The van der Waals surface area contributed by atoms with Crippen molar-refractivity contribution in [3.8, 4) is 0 Å². The molecule has 0 aliphatic carbocycles. The van der Waals surface area contributed by atoms with Gasteiger partial charge in [0.2, 0.25) is 5.52 Å². The second kappa shape index (κ2) is 10.5. The summed E-state index contributed by atoms with van der Waals surface area (Å²) in [7, 11) is -2.50. The van der Waals surface area contributed by atoms with Crippen molar-refractivity contribution in [2.24, 2.45) is 5.41 Å². The Morgan fingerprint density at radius 2 is 1.77 bits per heavy atom. The molecule has 0 spiro atoms. The molecule has 0 radical (unpaired) electrons. The highest BCUT2D eigenvalue weighted by Crippen LogP contribution is 2.51. The third-order valence-electron chi connectivity index (χ3n) is 3.21. The molecule has 0 bridgehead atoms. The maximum Gasteiger partial charge on any atom is 0.396 e. The molecule has 0 saturated carbocycles. The largest absolute Gasteiger partial charge is 0.468 e. The Morgan fingerprint density at radius 3 is 2.14 bits per heavy atom. The molecule has 1 atom stereocenters. The zero-order chi connectivity index (χ0) is 17.2. The number of halogens is 1. The van der Waals surface area contributed by atoms with Crippen LogP contribution >= 0.6 is 30.2 Å². The van der Waals surface area contributed by atoms with Crippen LogP contribution in [0, 0.1) is 5.41 Å². The van der Waals surface area contributed by atoms with Gasteiger partial charge < -0.3 is 13.8 Å². The van der Waals surface area contributed by atoms with Crippen LogP contribution in [0.15, 0.2) is 12.7 Å². The molecule has 0 aliphatic rings. The maximum absolute atomic E-state index is 12.4. The molecule has 8 heteroatoms. The minimum absolute atomic E-state index is 0.102. The van der Waals surface area contributed by atoms with E-state index in [4.69, 9.17) is 13.8 Å². The van der Waals surface area contributed by atoms with Gasteiger partial charge in [0.25, 0.3) is 0 Å². The van der Waals surface area contributed by atoms with Gasteiger partial charge in [0.1, 0.15) is 0 Å². The number of rotatable bonds is 12. The van der Waals surface area contributed by atoms with Gasteiger partial charge in [0.05, 0.1) is 25.7 Å². The number of esters is 1. The molecule has 0 saturated heterocycles. The Bertz CT molecular complexity index is 429. The van der Waals surface area contributed by atoms with Crippen molar-refractivity contribution in [1.82, 2.24) is 0 Å². The molecule has 0 rings (SSSR count). The summed E-state index contributed by atoms with van der Waals surface area (Å²) < 4.78 is 27.9. The maximum atomic E-state index is 12.4. The summed E-state index contributed by atoms with van der Waals surface area (Å²) in [4.78, 5) is 24.3. The minimum Gasteiger partial charge on any atom is -0.468 e. The van der Waals surface area contributed by atoms with Crippen molar-refractivity contribution in [3.05, 3.63) is 12.7 Å². The molecule has 0 fully saturated rings. The molecule has 0 aliphatic heterocycles. The van der Waals surface area contributed by atoms with Crippen LogP contribution in [0.2, 0.25) is 0 Å². The van der Waals surface area contributed by atoms with Gasteiger partial charge in [0.15, 0.2) is 0 Å². The normalized spacial score (nSPS) is 14.2. The van der Waals surface area contributed by atoms with Crippen LogP contribution < -0.4 is 0 Å². The highest BCUT2D eigenvalue weighted by molar-refractivity contribution is 14.1. The first-order chi connectivity index (χ1) is 10.4. The van der Waals surface area contributed by atoms with Crippen LogP contribution in [0.4, 0.5) is 0 Å². The van der Waals surface area contributed by atoms with E-state index in [0.29, 0.717) is 10.8 Å². The van der Waals surface area contributed by atoms with Crippen molar-refractivity contribution in [2.45, 2.75) is 33.1 Å². The van der Waals surface area contributed by atoms with Gasteiger partial charge in [-0.1, -0.05) is 28.7 Å². The SMILES string of the molecule is C=CC(CCI)(CCC(=O)P(=O)(OCC)OCC)C(=O)OC. The van der Waals surface area contributed by atoms with Gasteiger partial charge in [-0.05, 0) is 26.7 Å². The van der Waals surface area contributed by atoms with Gasteiger partial charge in [0, 0.05) is 10.8 Å². The number of ether oxygens (including phenoxy) is 1. The smallest absolute Gasteiger partial charge is 0.396 e. The van der Waals surface area contributed by atoms with Crippen molar-refractivity contribution in [3.63, 3.8) is 0 Å². The van der Waals surface area contributed by atoms with Gasteiger partial charge in [-0.25, -0.2) is 0 Å². The van der Waals surface area contributed by atoms with E-state index < -0.39 is 24.5 Å². The summed E-state index contributed by atoms with van der Waals surface area (Å²) >= 11 is 2.14. The Morgan fingerprint density at radius 1 is 1.23 bits per heavy atom. The topological polar surface area (TPSA) is 78.9 Å². The Labute approximate surface area is 145 Å². The lowest BCUT2D eigenvalue weighted by Gasteiger charge is -2.27. The number of hydrogen-bond donors (Lipinski definition) is 0. The average molecular weight is 446 g/mol. The summed E-state index contributed by atoms with van der Waals surface area (Å²) in [6.07, 6.45) is 2.05. The molecule has 22 heavy (non-hydrogen) atoms. The third kappa shape index (κ3) is 5.76. The van der Waals surface area contributed by atoms with E-state index in [0.717, 1.165) is 0 Å². The lowest BCUT2D eigenvalue weighted by atomic mass is 9.81.